The summed E-state index contributed by atoms with van der Waals surface area (Å²) < 4.78 is 2.81. The summed E-state index contributed by atoms with van der Waals surface area (Å²) >= 11 is 2.00. The molecule has 296 valence electrons. The third kappa shape index (κ3) is 6.35. The predicted molar refractivity (Wildman–Crippen MR) is 254 cm³/mol. The lowest BCUT2D eigenvalue weighted by Gasteiger charge is -2.44. The summed E-state index contributed by atoms with van der Waals surface area (Å²) in [7, 11) is 0. The number of fused-ring (bicyclic) bond motifs is 7. The van der Waals surface area contributed by atoms with Crippen LogP contribution >= 0.6 is 11.3 Å². The summed E-state index contributed by atoms with van der Waals surface area (Å²) in [5.74, 6) is 2.81. The predicted octanol–water partition coefficient (Wildman–Crippen LogP) is 13.6. The van der Waals surface area contributed by atoms with E-state index >= 15 is 0 Å². The largest absolute Gasteiger partial charge is 0.311 e. The molecule has 2 unspecified atom stereocenters. The molecule has 10 rings (SSSR count). The van der Waals surface area contributed by atoms with Crippen LogP contribution in [0.5, 0.6) is 0 Å². The molecule has 2 aliphatic carbocycles. The second kappa shape index (κ2) is 13.6. The van der Waals surface area contributed by atoms with Crippen LogP contribution in [0.4, 0.5) is 34.1 Å². The molecular weight excluding hydrogens is 719 g/mol. The van der Waals surface area contributed by atoms with Crippen LogP contribution in [0, 0.1) is 17.8 Å². The van der Waals surface area contributed by atoms with Gasteiger partial charge >= 0.3 is 0 Å². The fourth-order valence-electron chi connectivity index (χ4n) is 11.2. The number of hydrogen-bond acceptors (Lipinski definition) is 3. The quantitative estimate of drug-likeness (QED) is 0.161. The minimum Gasteiger partial charge on any atom is -0.311 e. The molecular formula is C54H61BN2S. The minimum atomic E-state index is 0.0228. The Morgan fingerprint density at radius 1 is 0.603 bits per heavy atom. The van der Waals surface area contributed by atoms with Crippen molar-refractivity contribution in [1.29, 1.82) is 0 Å². The highest BCUT2D eigenvalue weighted by Crippen LogP contribution is 2.51. The average molecular weight is 781 g/mol. The van der Waals surface area contributed by atoms with Gasteiger partial charge in [-0.3, -0.25) is 0 Å². The summed E-state index contributed by atoms with van der Waals surface area (Å²) in [5, 5.41) is 1.35. The van der Waals surface area contributed by atoms with Gasteiger partial charge in [-0.1, -0.05) is 136 Å². The van der Waals surface area contributed by atoms with Crippen molar-refractivity contribution >= 4 is 78.0 Å². The molecule has 2 saturated carbocycles. The number of rotatable bonds is 5. The van der Waals surface area contributed by atoms with E-state index in [1.165, 1.54) is 121 Å². The van der Waals surface area contributed by atoms with Gasteiger partial charge in [0.25, 0.3) is 6.71 Å². The van der Waals surface area contributed by atoms with E-state index in [2.05, 4.69) is 175 Å². The Kier molecular flexibility index (Phi) is 8.92. The van der Waals surface area contributed by atoms with E-state index in [9.17, 15) is 0 Å². The van der Waals surface area contributed by atoms with Gasteiger partial charge in [0.05, 0.1) is 5.69 Å². The van der Waals surface area contributed by atoms with Crippen LogP contribution in [0.25, 0.3) is 10.1 Å². The van der Waals surface area contributed by atoms with Gasteiger partial charge in [-0.2, -0.15) is 0 Å². The van der Waals surface area contributed by atoms with Gasteiger partial charge in [0.2, 0.25) is 0 Å². The average Bonchev–Trinajstić information content (AvgIpc) is 3.90. The molecule has 0 bridgehead atoms. The van der Waals surface area contributed by atoms with E-state index < -0.39 is 0 Å². The number of nitrogens with zero attached hydrogens (tertiary/aromatic N) is 2. The first-order valence-electron chi connectivity index (χ1n) is 22.3. The molecule has 2 atom stereocenters. The zero-order chi connectivity index (χ0) is 40.3. The molecule has 0 spiro atoms. The Morgan fingerprint density at radius 2 is 1.16 bits per heavy atom. The molecule has 3 heterocycles. The van der Waals surface area contributed by atoms with Gasteiger partial charge in [0.15, 0.2) is 0 Å². The van der Waals surface area contributed by atoms with Crippen LogP contribution in [0.15, 0.2) is 103 Å². The summed E-state index contributed by atoms with van der Waals surface area (Å²) in [4.78, 5) is 5.31. The van der Waals surface area contributed by atoms with Crippen LogP contribution in [0.3, 0.4) is 0 Å². The fraction of sp³-hybridized carbons (Fsp3) is 0.407. The third-order valence-corrected chi connectivity index (χ3v) is 15.6. The van der Waals surface area contributed by atoms with E-state index in [-0.39, 0.29) is 23.0 Å². The Hall–Kier alpha value is -4.28. The monoisotopic (exact) mass is 780 g/mol. The molecule has 0 radical (unpaired) electrons. The first-order chi connectivity index (χ1) is 27.6. The molecule has 2 aliphatic heterocycles. The highest BCUT2D eigenvalue weighted by molar-refractivity contribution is 7.33. The molecule has 0 amide bonds. The summed E-state index contributed by atoms with van der Waals surface area (Å²) in [6.45, 7) is 21.1. The van der Waals surface area contributed by atoms with Gasteiger partial charge in [0.1, 0.15) is 0 Å². The smallest absolute Gasteiger partial charge is 0.264 e. The van der Waals surface area contributed by atoms with E-state index in [0.29, 0.717) is 0 Å². The summed E-state index contributed by atoms with van der Waals surface area (Å²) in [5.41, 5.74) is 16.5. The van der Waals surface area contributed by atoms with Crippen molar-refractivity contribution in [1.82, 2.24) is 0 Å². The van der Waals surface area contributed by atoms with E-state index in [4.69, 9.17) is 0 Å². The lowest BCUT2D eigenvalue weighted by Crippen LogP contribution is -2.60. The van der Waals surface area contributed by atoms with Crippen molar-refractivity contribution < 1.29 is 0 Å². The lowest BCUT2D eigenvalue weighted by molar-refractivity contribution is 0.456. The molecule has 2 fully saturated rings. The van der Waals surface area contributed by atoms with Crippen molar-refractivity contribution in [3.05, 3.63) is 125 Å². The van der Waals surface area contributed by atoms with E-state index in [0.717, 1.165) is 24.2 Å². The van der Waals surface area contributed by atoms with Gasteiger partial charge in [-0.05, 0) is 141 Å². The van der Waals surface area contributed by atoms with Crippen molar-refractivity contribution in [3.63, 3.8) is 0 Å². The van der Waals surface area contributed by atoms with Gasteiger partial charge in [-0.25, -0.2) is 0 Å². The molecule has 0 N–H and O–H groups in total. The Bertz CT molecular complexity index is 2510. The van der Waals surface area contributed by atoms with Crippen LogP contribution in [-0.2, 0) is 22.7 Å². The number of aryl methyl sites for hydroxylation is 1. The molecule has 6 aromatic rings. The number of hydrogen-bond donors (Lipinski definition) is 0. The topological polar surface area (TPSA) is 6.48 Å². The van der Waals surface area contributed by atoms with Crippen LogP contribution in [0.2, 0.25) is 0 Å². The Balaban J connectivity index is 1.23. The maximum Gasteiger partial charge on any atom is 0.264 e. The van der Waals surface area contributed by atoms with Crippen molar-refractivity contribution in [3.8, 4) is 0 Å². The zero-order valence-electron chi connectivity index (χ0n) is 36.4. The molecule has 2 nitrogen and oxygen atoms in total. The van der Waals surface area contributed by atoms with Crippen molar-refractivity contribution in [2.45, 2.75) is 124 Å². The molecule has 0 saturated heterocycles. The molecule has 4 heteroatoms. The second-order valence-corrected chi connectivity index (χ2v) is 22.5. The fourth-order valence-corrected chi connectivity index (χ4v) is 12.5. The highest BCUT2D eigenvalue weighted by atomic mass is 32.1. The zero-order valence-corrected chi connectivity index (χ0v) is 37.2. The van der Waals surface area contributed by atoms with E-state index in [1.807, 2.05) is 11.3 Å². The van der Waals surface area contributed by atoms with Crippen molar-refractivity contribution in [2.75, 3.05) is 9.80 Å². The van der Waals surface area contributed by atoms with Gasteiger partial charge in [-0.15, -0.1) is 11.3 Å². The van der Waals surface area contributed by atoms with Crippen LogP contribution in [-0.4, -0.2) is 6.71 Å². The number of anilines is 6. The standard InChI is InChI=1S/C54H61BN2S/c1-52(2,3)38-19-24-41(25-20-38)56-45-33-40(54(7,8)9)23-28-44(45)55-49-46(56)31-35(18-17-34-29-36-13-12-14-37(36)30-34)32-47(49)57(42-26-21-39(22-27-42)53(4,5)6)50-43-15-10-11-16-48(43)58-51(50)55/h10-11,15-16,19-28,31-34,36-37H,12-14,17-18,29-30H2,1-9H3. The Labute approximate surface area is 352 Å². The highest BCUT2D eigenvalue weighted by Gasteiger charge is 2.46. The molecule has 4 aliphatic rings. The molecule has 1 aromatic heterocycles. The first kappa shape index (κ1) is 38.0. The SMILES string of the molecule is CC(C)(C)c1ccc(N2c3cc(C(C)(C)C)ccc3B3c4sc5ccccc5c4N(c4ccc(C(C)(C)C)cc4)c4cc(CCC5CC6CCCC6C5)cc2c43)cc1. The maximum atomic E-state index is 2.66. The summed E-state index contributed by atoms with van der Waals surface area (Å²) in [6.07, 6.45) is 9.66. The van der Waals surface area contributed by atoms with Crippen molar-refractivity contribution in [2.24, 2.45) is 17.8 Å². The van der Waals surface area contributed by atoms with E-state index in [1.54, 1.807) is 0 Å². The first-order valence-corrected chi connectivity index (χ1v) is 23.1. The normalized spacial score (nSPS) is 20.0. The van der Waals surface area contributed by atoms with Gasteiger partial charge < -0.3 is 9.80 Å². The van der Waals surface area contributed by atoms with Gasteiger partial charge in [0, 0.05) is 43.3 Å². The Morgan fingerprint density at radius 3 is 1.76 bits per heavy atom. The lowest BCUT2D eigenvalue weighted by atomic mass is 9.36. The summed E-state index contributed by atoms with van der Waals surface area (Å²) in [6, 6.07) is 40.9. The van der Waals surface area contributed by atoms with Crippen LogP contribution in [0.1, 0.15) is 123 Å². The number of benzene rings is 5. The maximum absolute atomic E-state index is 2.66. The third-order valence-electron chi connectivity index (χ3n) is 14.4. The second-order valence-electron chi connectivity index (χ2n) is 21.4. The minimum absolute atomic E-state index is 0.0228. The molecule has 58 heavy (non-hydrogen) atoms. The number of thiophene rings is 1. The van der Waals surface area contributed by atoms with Crippen LogP contribution < -0.4 is 25.5 Å². The molecule has 5 aromatic carbocycles.